The van der Waals surface area contributed by atoms with Gasteiger partial charge in [0.15, 0.2) is 5.16 Å². The average molecular weight is 321 g/mol. The Morgan fingerprint density at radius 1 is 1.41 bits per heavy atom. The van der Waals surface area contributed by atoms with Gasteiger partial charge < -0.3 is 20.1 Å². The predicted molar refractivity (Wildman–Crippen MR) is 83.5 cm³/mol. The van der Waals surface area contributed by atoms with Crippen LogP contribution in [-0.4, -0.2) is 33.8 Å². The Hall–Kier alpha value is -2.48. The molecule has 3 N–H and O–H groups in total. The van der Waals surface area contributed by atoms with E-state index < -0.39 is 5.56 Å². The summed E-state index contributed by atoms with van der Waals surface area (Å²) in [4.78, 5) is 29.2. The zero-order valence-corrected chi connectivity index (χ0v) is 12.6. The molecule has 0 spiro atoms. The number of methoxy groups -OCH3 is 1. The zero-order valence-electron chi connectivity index (χ0n) is 11.8. The lowest BCUT2D eigenvalue weighted by Crippen LogP contribution is -2.12. The monoisotopic (exact) mass is 321 g/mol. The normalized spacial score (nSPS) is 10.2. The van der Waals surface area contributed by atoms with Gasteiger partial charge in [-0.1, -0.05) is 11.8 Å². The van der Waals surface area contributed by atoms with Gasteiger partial charge in [0.2, 0.25) is 11.8 Å². The van der Waals surface area contributed by atoms with Crippen molar-refractivity contribution in [2.24, 2.45) is 0 Å². The first-order valence-corrected chi connectivity index (χ1v) is 7.42. The number of nitrogens with zero attached hydrogens (tertiary/aromatic N) is 1. The molecule has 0 aliphatic carbocycles. The number of H-pyrrole nitrogens is 1. The summed E-state index contributed by atoms with van der Waals surface area (Å²) >= 11 is 1.19. The molecule has 0 atom stereocenters. The number of anilines is 1. The van der Waals surface area contributed by atoms with Gasteiger partial charge in [-0.3, -0.25) is 9.59 Å². The zero-order chi connectivity index (χ0) is 15.9. The highest BCUT2D eigenvalue weighted by Gasteiger charge is 2.05. The van der Waals surface area contributed by atoms with Gasteiger partial charge >= 0.3 is 0 Å². The van der Waals surface area contributed by atoms with E-state index in [0.29, 0.717) is 17.2 Å². The number of hydrogen-bond acceptors (Lipinski definition) is 6. The van der Waals surface area contributed by atoms with Crippen LogP contribution in [0.2, 0.25) is 0 Å². The fourth-order valence-electron chi connectivity index (χ4n) is 1.63. The topological polar surface area (TPSA) is 104 Å². The summed E-state index contributed by atoms with van der Waals surface area (Å²) in [5, 5.41) is 12.2. The van der Waals surface area contributed by atoms with E-state index in [0.717, 1.165) is 6.07 Å². The Morgan fingerprint density at radius 2 is 2.14 bits per heavy atom. The summed E-state index contributed by atoms with van der Waals surface area (Å²) in [7, 11) is 1.57. The molecule has 1 aromatic heterocycles. The largest absolute Gasteiger partial charge is 0.497 e. The lowest BCUT2D eigenvalue weighted by Gasteiger charge is -2.06. The van der Waals surface area contributed by atoms with Crippen molar-refractivity contribution in [2.45, 2.75) is 11.6 Å². The number of aromatic nitrogens is 2. The maximum absolute atomic E-state index is 11.8. The second-order valence-electron chi connectivity index (χ2n) is 4.28. The summed E-state index contributed by atoms with van der Waals surface area (Å²) < 4.78 is 5.03. The van der Waals surface area contributed by atoms with E-state index in [1.165, 1.54) is 11.8 Å². The van der Waals surface area contributed by atoms with E-state index >= 15 is 0 Å². The summed E-state index contributed by atoms with van der Waals surface area (Å²) in [5.74, 6) is 0.649. The van der Waals surface area contributed by atoms with Crippen LogP contribution >= 0.6 is 11.8 Å². The first kappa shape index (κ1) is 15.9. The van der Waals surface area contributed by atoms with Gasteiger partial charge in [-0.2, -0.15) is 4.98 Å². The number of benzene rings is 1. The van der Waals surface area contributed by atoms with Gasteiger partial charge in [0, 0.05) is 17.9 Å². The Balaban J connectivity index is 1.81. The van der Waals surface area contributed by atoms with Crippen LogP contribution in [0.5, 0.6) is 11.6 Å². The molecule has 1 amide bonds. The second kappa shape index (κ2) is 7.51. The third kappa shape index (κ3) is 4.81. The quantitative estimate of drug-likeness (QED) is 0.551. The minimum Gasteiger partial charge on any atom is -0.497 e. The van der Waals surface area contributed by atoms with Crippen molar-refractivity contribution in [3.05, 3.63) is 40.7 Å². The van der Waals surface area contributed by atoms with Gasteiger partial charge in [-0.15, -0.1) is 0 Å². The van der Waals surface area contributed by atoms with Crippen molar-refractivity contribution >= 4 is 23.4 Å². The minimum atomic E-state index is -0.433. The Labute approximate surface area is 130 Å². The molecular formula is C14H15N3O4S. The average Bonchev–Trinajstić information content (AvgIpc) is 2.47. The van der Waals surface area contributed by atoms with Crippen molar-refractivity contribution in [3.63, 3.8) is 0 Å². The Kier molecular flexibility index (Phi) is 5.42. The molecule has 0 aliphatic rings. The maximum Gasteiger partial charge on any atom is 0.255 e. The van der Waals surface area contributed by atoms with Gasteiger partial charge in [0.25, 0.3) is 5.56 Å². The first-order chi connectivity index (χ1) is 10.6. The molecule has 1 heterocycles. The highest BCUT2D eigenvalue weighted by Crippen LogP contribution is 2.17. The molecule has 1 aromatic carbocycles. The van der Waals surface area contributed by atoms with E-state index in [1.807, 2.05) is 0 Å². The molecule has 0 aliphatic heterocycles. The maximum atomic E-state index is 11.8. The molecule has 2 aromatic rings. The molecule has 0 bridgehead atoms. The van der Waals surface area contributed by atoms with Crippen LogP contribution in [0.1, 0.15) is 6.42 Å². The smallest absolute Gasteiger partial charge is 0.255 e. The van der Waals surface area contributed by atoms with E-state index in [1.54, 1.807) is 31.4 Å². The number of aromatic amines is 1. The fourth-order valence-corrected chi connectivity index (χ4v) is 2.44. The molecule has 0 saturated heterocycles. The van der Waals surface area contributed by atoms with Crippen molar-refractivity contribution in [3.8, 4) is 11.6 Å². The molecule has 0 unspecified atom stereocenters. The SMILES string of the molecule is COc1ccc(NC(=O)CCSc2nc(O)cc(=O)[nH]2)cc1. The highest BCUT2D eigenvalue weighted by atomic mass is 32.2. The van der Waals surface area contributed by atoms with Crippen LogP contribution in [0, 0.1) is 0 Å². The van der Waals surface area contributed by atoms with Gasteiger partial charge in [0.1, 0.15) is 5.75 Å². The lowest BCUT2D eigenvalue weighted by atomic mass is 10.3. The number of amides is 1. The number of nitrogens with one attached hydrogen (secondary N) is 2. The van der Waals surface area contributed by atoms with Gasteiger partial charge in [-0.25, -0.2) is 0 Å². The van der Waals surface area contributed by atoms with Gasteiger partial charge in [0.05, 0.1) is 13.2 Å². The summed E-state index contributed by atoms with van der Waals surface area (Å²) in [6, 6.07) is 7.99. The molecule has 0 radical (unpaired) electrons. The van der Waals surface area contributed by atoms with E-state index in [4.69, 9.17) is 4.74 Å². The molecule has 7 nitrogen and oxygen atoms in total. The highest BCUT2D eigenvalue weighted by molar-refractivity contribution is 7.99. The van der Waals surface area contributed by atoms with Crippen LogP contribution in [0.3, 0.4) is 0 Å². The van der Waals surface area contributed by atoms with Crippen LogP contribution in [0.15, 0.2) is 40.3 Å². The molecule has 22 heavy (non-hydrogen) atoms. The van der Waals surface area contributed by atoms with Crippen LogP contribution in [0.4, 0.5) is 5.69 Å². The van der Waals surface area contributed by atoms with E-state index in [9.17, 15) is 14.7 Å². The van der Waals surface area contributed by atoms with E-state index in [-0.39, 0.29) is 23.4 Å². The van der Waals surface area contributed by atoms with Crippen molar-refractivity contribution in [1.82, 2.24) is 9.97 Å². The van der Waals surface area contributed by atoms with Crippen LogP contribution < -0.4 is 15.6 Å². The minimum absolute atomic E-state index is 0.153. The Bertz CT molecular complexity index is 700. The summed E-state index contributed by atoms with van der Waals surface area (Å²) in [5.41, 5.74) is 0.248. The summed E-state index contributed by atoms with van der Waals surface area (Å²) in [6.45, 7) is 0. The van der Waals surface area contributed by atoms with Gasteiger partial charge in [-0.05, 0) is 24.3 Å². The molecule has 0 fully saturated rings. The number of aromatic hydroxyl groups is 1. The third-order valence-corrected chi connectivity index (χ3v) is 3.52. The molecule has 8 heteroatoms. The van der Waals surface area contributed by atoms with Crippen molar-refractivity contribution in [1.29, 1.82) is 0 Å². The standard InChI is InChI=1S/C14H15N3O4S/c1-21-10-4-2-9(3-5-10)15-11(18)6-7-22-14-16-12(19)8-13(20)17-14/h2-5,8H,6-7H2,1H3,(H,15,18)(H2,16,17,19,20). The third-order valence-electron chi connectivity index (χ3n) is 2.65. The number of hydrogen-bond donors (Lipinski definition) is 3. The number of carbonyl (C=O) groups is 1. The van der Waals surface area contributed by atoms with Crippen LogP contribution in [0.25, 0.3) is 0 Å². The van der Waals surface area contributed by atoms with E-state index in [2.05, 4.69) is 15.3 Å². The first-order valence-electron chi connectivity index (χ1n) is 6.44. The number of thioether (sulfide) groups is 1. The molecule has 0 saturated carbocycles. The predicted octanol–water partition coefficient (Wildman–Crippen LogP) is 1.60. The fraction of sp³-hybridized carbons (Fsp3) is 0.214. The number of rotatable bonds is 6. The molecule has 2 rings (SSSR count). The van der Waals surface area contributed by atoms with Crippen molar-refractivity contribution in [2.75, 3.05) is 18.2 Å². The number of carbonyl (C=O) groups excluding carboxylic acids is 1. The second-order valence-corrected chi connectivity index (χ2v) is 5.37. The lowest BCUT2D eigenvalue weighted by molar-refractivity contribution is -0.115. The van der Waals surface area contributed by atoms with Crippen molar-refractivity contribution < 1.29 is 14.6 Å². The number of ether oxygens (including phenoxy) is 1. The van der Waals surface area contributed by atoms with Crippen LogP contribution in [-0.2, 0) is 4.79 Å². The Morgan fingerprint density at radius 3 is 2.77 bits per heavy atom. The molecule has 116 valence electrons. The molecular weight excluding hydrogens is 306 g/mol. The summed E-state index contributed by atoms with van der Waals surface area (Å²) in [6.07, 6.45) is 0.246.